The molecule has 25 heavy (non-hydrogen) atoms. The van der Waals surface area contributed by atoms with Crippen molar-refractivity contribution in [3.8, 4) is 11.5 Å². The molecule has 0 aliphatic carbocycles. The van der Waals surface area contributed by atoms with Crippen LogP contribution in [0.2, 0.25) is 0 Å². The van der Waals surface area contributed by atoms with Crippen LogP contribution in [0.15, 0.2) is 64.2 Å². The molecule has 3 aromatic rings. The van der Waals surface area contributed by atoms with Gasteiger partial charge in [0.25, 0.3) is 5.22 Å². The van der Waals surface area contributed by atoms with Gasteiger partial charge in [-0.25, -0.2) is 0 Å². The maximum absolute atomic E-state index is 12.5. The predicted octanol–water partition coefficient (Wildman–Crippen LogP) is 4.19. The van der Waals surface area contributed by atoms with Crippen molar-refractivity contribution >= 4 is 23.4 Å². The predicted molar refractivity (Wildman–Crippen MR) is 99.7 cm³/mol. The number of aromatic nitrogens is 2. The first-order valence-electron chi connectivity index (χ1n) is 8.06. The van der Waals surface area contributed by atoms with Crippen LogP contribution in [0.4, 0.5) is 5.69 Å². The lowest BCUT2D eigenvalue weighted by atomic mass is 10.1. The molecule has 0 saturated carbocycles. The standard InChI is InChI=1S/C19H19N3O2S/c1-3-22(16-7-5-4-6-8-16)17(23)13-25-19-21-20-18(24-19)15-11-9-14(2)10-12-15/h4-12H,3,13H2,1-2H3. The average Bonchev–Trinajstić information content (AvgIpc) is 3.11. The molecule has 1 amide bonds. The van der Waals surface area contributed by atoms with Crippen LogP contribution in [0, 0.1) is 6.92 Å². The zero-order valence-corrected chi connectivity index (χ0v) is 15.0. The van der Waals surface area contributed by atoms with E-state index < -0.39 is 0 Å². The molecule has 5 nitrogen and oxygen atoms in total. The molecule has 0 N–H and O–H groups in total. The Labute approximate surface area is 151 Å². The highest BCUT2D eigenvalue weighted by Gasteiger charge is 2.16. The summed E-state index contributed by atoms with van der Waals surface area (Å²) in [4.78, 5) is 14.2. The summed E-state index contributed by atoms with van der Waals surface area (Å²) < 4.78 is 5.65. The summed E-state index contributed by atoms with van der Waals surface area (Å²) in [6.07, 6.45) is 0. The summed E-state index contributed by atoms with van der Waals surface area (Å²) in [5.74, 6) is 0.720. The minimum atomic E-state index is 0.00814. The minimum Gasteiger partial charge on any atom is -0.411 e. The molecule has 1 aromatic heterocycles. The number of para-hydroxylation sites is 1. The molecule has 0 bridgehead atoms. The lowest BCUT2D eigenvalue weighted by Crippen LogP contribution is -2.32. The summed E-state index contributed by atoms with van der Waals surface area (Å²) in [5.41, 5.74) is 2.93. The Morgan fingerprint density at radius 1 is 1.08 bits per heavy atom. The molecule has 128 valence electrons. The third-order valence-electron chi connectivity index (χ3n) is 3.71. The number of thioether (sulfide) groups is 1. The highest BCUT2D eigenvalue weighted by atomic mass is 32.2. The molecular weight excluding hydrogens is 334 g/mol. The van der Waals surface area contributed by atoms with E-state index >= 15 is 0 Å². The van der Waals surface area contributed by atoms with Gasteiger partial charge in [0, 0.05) is 17.8 Å². The van der Waals surface area contributed by atoms with Gasteiger partial charge in [0.05, 0.1) is 5.75 Å². The quantitative estimate of drug-likeness (QED) is 0.622. The highest BCUT2D eigenvalue weighted by molar-refractivity contribution is 7.99. The fourth-order valence-corrected chi connectivity index (χ4v) is 3.03. The Balaban J connectivity index is 1.63. The topological polar surface area (TPSA) is 59.2 Å². The third kappa shape index (κ3) is 4.28. The van der Waals surface area contributed by atoms with Gasteiger partial charge in [0.15, 0.2) is 0 Å². The second kappa shape index (κ2) is 7.98. The Morgan fingerprint density at radius 2 is 1.80 bits per heavy atom. The van der Waals surface area contributed by atoms with Crippen molar-refractivity contribution in [2.75, 3.05) is 17.2 Å². The molecule has 6 heteroatoms. The van der Waals surface area contributed by atoms with Gasteiger partial charge in [-0.15, -0.1) is 10.2 Å². The molecule has 0 aliphatic heterocycles. The van der Waals surface area contributed by atoms with E-state index in [0.717, 1.165) is 11.3 Å². The normalized spacial score (nSPS) is 10.6. The number of amides is 1. The van der Waals surface area contributed by atoms with Crippen LogP contribution in [0.5, 0.6) is 0 Å². The Kier molecular flexibility index (Phi) is 5.50. The first kappa shape index (κ1) is 17.2. The van der Waals surface area contributed by atoms with Crippen molar-refractivity contribution in [1.29, 1.82) is 0 Å². The lowest BCUT2D eigenvalue weighted by Gasteiger charge is -2.20. The van der Waals surface area contributed by atoms with E-state index in [4.69, 9.17) is 4.42 Å². The number of anilines is 1. The first-order chi connectivity index (χ1) is 12.2. The van der Waals surface area contributed by atoms with E-state index in [2.05, 4.69) is 10.2 Å². The highest BCUT2D eigenvalue weighted by Crippen LogP contribution is 2.24. The van der Waals surface area contributed by atoms with Crippen LogP contribution >= 0.6 is 11.8 Å². The van der Waals surface area contributed by atoms with E-state index in [9.17, 15) is 4.79 Å². The van der Waals surface area contributed by atoms with Gasteiger partial charge in [-0.1, -0.05) is 47.7 Å². The van der Waals surface area contributed by atoms with Gasteiger partial charge in [-0.05, 0) is 38.1 Å². The van der Waals surface area contributed by atoms with Crippen molar-refractivity contribution in [3.63, 3.8) is 0 Å². The maximum Gasteiger partial charge on any atom is 0.277 e. The number of carbonyl (C=O) groups excluding carboxylic acids is 1. The van der Waals surface area contributed by atoms with Gasteiger partial charge >= 0.3 is 0 Å². The molecule has 3 rings (SSSR count). The Morgan fingerprint density at radius 3 is 2.48 bits per heavy atom. The minimum absolute atomic E-state index is 0.00814. The lowest BCUT2D eigenvalue weighted by molar-refractivity contribution is -0.116. The number of aryl methyl sites for hydroxylation is 1. The molecule has 0 atom stereocenters. The number of rotatable bonds is 6. The number of nitrogens with zero attached hydrogens (tertiary/aromatic N) is 3. The second-order valence-electron chi connectivity index (χ2n) is 5.50. The number of carbonyl (C=O) groups is 1. The SMILES string of the molecule is CCN(C(=O)CSc1nnc(-c2ccc(C)cc2)o1)c1ccccc1. The van der Waals surface area contributed by atoms with Crippen LogP contribution in [-0.2, 0) is 4.79 Å². The molecule has 0 aliphatic rings. The van der Waals surface area contributed by atoms with E-state index in [-0.39, 0.29) is 11.7 Å². The summed E-state index contributed by atoms with van der Waals surface area (Å²) in [6.45, 7) is 4.59. The van der Waals surface area contributed by atoms with Gasteiger partial charge in [0.2, 0.25) is 11.8 Å². The van der Waals surface area contributed by atoms with Crippen LogP contribution in [0.25, 0.3) is 11.5 Å². The third-order valence-corrected chi connectivity index (χ3v) is 4.51. The zero-order chi connectivity index (χ0) is 17.6. The van der Waals surface area contributed by atoms with Crippen molar-refractivity contribution in [2.45, 2.75) is 19.1 Å². The second-order valence-corrected chi connectivity index (χ2v) is 6.43. The molecule has 0 unspecified atom stereocenters. The van der Waals surface area contributed by atoms with Crippen LogP contribution in [0.3, 0.4) is 0 Å². The van der Waals surface area contributed by atoms with Gasteiger partial charge in [-0.2, -0.15) is 0 Å². The smallest absolute Gasteiger partial charge is 0.277 e. The number of benzene rings is 2. The molecule has 0 saturated heterocycles. The van der Waals surface area contributed by atoms with Crippen molar-refractivity contribution in [3.05, 3.63) is 60.2 Å². The average molecular weight is 353 g/mol. The fourth-order valence-electron chi connectivity index (χ4n) is 2.39. The van der Waals surface area contributed by atoms with Gasteiger partial charge in [-0.3, -0.25) is 4.79 Å². The van der Waals surface area contributed by atoms with E-state index in [1.165, 1.54) is 17.3 Å². The molecule has 2 aromatic carbocycles. The molecular formula is C19H19N3O2S. The van der Waals surface area contributed by atoms with E-state index in [1.807, 2.05) is 68.4 Å². The largest absolute Gasteiger partial charge is 0.411 e. The number of hydrogen-bond donors (Lipinski definition) is 0. The van der Waals surface area contributed by atoms with Crippen molar-refractivity contribution < 1.29 is 9.21 Å². The Bertz CT molecular complexity index is 831. The Hall–Kier alpha value is -2.60. The van der Waals surface area contributed by atoms with Crippen molar-refractivity contribution in [1.82, 2.24) is 10.2 Å². The van der Waals surface area contributed by atoms with Crippen LogP contribution in [0.1, 0.15) is 12.5 Å². The molecule has 0 fully saturated rings. The van der Waals surface area contributed by atoms with Crippen molar-refractivity contribution in [2.24, 2.45) is 0 Å². The fraction of sp³-hybridized carbons (Fsp3) is 0.211. The van der Waals surface area contributed by atoms with Gasteiger partial charge < -0.3 is 9.32 Å². The summed E-state index contributed by atoms with van der Waals surface area (Å²) in [7, 11) is 0. The summed E-state index contributed by atoms with van der Waals surface area (Å²) in [6, 6.07) is 17.5. The monoisotopic (exact) mass is 353 g/mol. The number of hydrogen-bond acceptors (Lipinski definition) is 5. The summed E-state index contributed by atoms with van der Waals surface area (Å²) >= 11 is 1.25. The summed E-state index contributed by atoms with van der Waals surface area (Å²) in [5, 5.41) is 8.47. The molecule has 0 spiro atoms. The zero-order valence-electron chi connectivity index (χ0n) is 14.2. The maximum atomic E-state index is 12.5. The van der Waals surface area contributed by atoms with E-state index in [1.54, 1.807) is 4.90 Å². The van der Waals surface area contributed by atoms with Crippen LogP contribution in [-0.4, -0.2) is 28.4 Å². The first-order valence-corrected chi connectivity index (χ1v) is 9.04. The molecule has 0 radical (unpaired) electrons. The molecule has 1 heterocycles. The van der Waals surface area contributed by atoms with Crippen LogP contribution < -0.4 is 4.90 Å². The van der Waals surface area contributed by atoms with E-state index in [0.29, 0.717) is 17.7 Å². The van der Waals surface area contributed by atoms with Gasteiger partial charge in [0.1, 0.15) is 0 Å².